The number of nitrogens with zero attached hydrogens (tertiary/aromatic N) is 3. The van der Waals surface area contributed by atoms with Crippen molar-refractivity contribution in [1.29, 1.82) is 0 Å². The largest absolute Gasteiger partial charge is 0.409 e. The van der Waals surface area contributed by atoms with E-state index in [1.807, 2.05) is 24.8 Å². The van der Waals surface area contributed by atoms with Gasteiger partial charge in [0.1, 0.15) is 5.82 Å². The Kier molecular flexibility index (Phi) is 4.41. The summed E-state index contributed by atoms with van der Waals surface area (Å²) in [5, 5.41) is 21.2. The van der Waals surface area contributed by atoms with Gasteiger partial charge in [0.2, 0.25) is 0 Å². The molecule has 0 saturated carbocycles. The van der Waals surface area contributed by atoms with Crippen molar-refractivity contribution in [2.45, 2.75) is 26.0 Å². The Morgan fingerprint density at radius 2 is 2.35 bits per heavy atom. The number of aromatic nitrogens is 1. The van der Waals surface area contributed by atoms with Gasteiger partial charge in [0.05, 0.1) is 30.9 Å². The number of aliphatic hydroxyl groups excluding tert-OH is 1. The Labute approximate surface area is 117 Å². The molecule has 2 heterocycles. The Morgan fingerprint density at radius 3 is 3.00 bits per heavy atom. The summed E-state index contributed by atoms with van der Waals surface area (Å²) in [6.45, 7) is 4.85. The van der Waals surface area contributed by atoms with E-state index in [9.17, 15) is 5.11 Å². The molecular weight excluding hydrogens is 260 g/mol. The van der Waals surface area contributed by atoms with Crippen LogP contribution in [0.15, 0.2) is 17.3 Å². The van der Waals surface area contributed by atoms with E-state index in [4.69, 9.17) is 15.7 Å². The number of aliphatic hydroxyl groups is 1. The van der Waals surface area contributed by atoms with Crippen LogP contribution >= 0.6 is 0 Å². The molecule has 0 bridgehead atoms. The maximum absolute atomic E-state index is 9.26. The molecule has 1 aromatic heterocycles. The molecule has 110 valence electrons. The summed E-state index contributed by atoms with van der Waals surface area (Å²) in [6.07, 6.45) is -0.256. The minimum Gasteiger partial charge on any atom is -0.409 e. The quantitative estimate of drug-likeness (QED) is 0.313. The van der Waals surface area contributed by atoms with Gasteiger partial charge in [0, 0.05) is 12.2 Å². The molecule has 0 spiro atoms. The van der Waals surface area contributed by atoms with Crippen molar-refractivity contribution < 1.29 is 15.1 Å². The molecule has 1 fully saturated rings. The fraction of sp³-hybridized carbons (Fsp3) is 0.538. The van der Waals surface area contributed by atoms with E-state index in [1.165, 1.54) is 0 Å². The Balaban J connectivity index is 2.41. The molecule has 7 heteroatoms. The molecule has 0 aromatic carbocycles. The number of morpholine rings is 1. The van der Waals surface area contributed by atoms with Gasteiger partial charge in [-0.05, 0) is 26.0 Å². The Morgan fingerprint density at radius 1 is 1.60 bits per heavy atom. The molecule has 2 unspecified atom stereocenters. The van der Waals surface area contributed by atoms with Gasteiger partial charge in [-0.1, -0.05) is 5.16 Å². The van der Waals surface area contributed by atoms with E-state index >= 15 is 0 Å². The van der Waals surface area contributed by atoms with E-state index in [0.29, 0.717) is 24.5 Å². The molecule has 1 saturated heterocycles. The fourth-order valence-electron chi connectivity index (χ4n) is 2.24. The minimum atomic E-state index is -0.256. The molecule has 0 amide bonds. The summed E-state index contributed by atoms with van der Waals surface area (Å²) in [6, 6.07) is 3.69. The van der Waals surface area contributed by atoms with Gasteiger partial charge in [-0.2, -0.15) is 0 Å². The minimum absolute atomic E-state index is 0.0201. The third kappa shape index (κ3) is 2.83. The van der Waals surface area contributed by atoms with Crippen molar-refractivity contribution in [3.8, 4) is 0 Å². The van der Waals surface area contributed by atoms with Gasteiger partial charge < -0.3 is 25.7 Å². The van der Waals surface area contributed by atoms with Crippen LogP contribution < -0.4 is 10.6 Å². The van der Waals surface area contributed by atoms with E-state index in [0.717, 1.165) is 5.69 Å². The van der Waals surface area contributed by atoms with Crippen LogP contribution in [0.1, 0.15) is 18.2 Å². The van der Waals surface area contributed by atoms with E-state index < -0.39 is 0 Å². The zero-order chi connectivity index (χ0) is 14.7. The van der Waals surface area contributed by atoms with E-state index in [1.54, 1.807) is 6.07 Å². The molecular formula is C13H20N4O3. The number of hydrogen-bond donors (Lipinski definition) is 3. The Hall–Kier alpha value is -1.86. The van der Waals surface area contributed by atoms with Crippen LogP contribution in [0.3, 0.4) is 0 Å². The molecule has 1 aliphatic heterocycles. The highest BCUT2D eigenvalue weighted by molar-refractivity contribution is 6.01. The SMILES string of the molecule is Cc1ccc(/C(N)=N/O)c(N2CC(CO)OCC2C)n1. The maximum atomic E-state index is 9.26. The number of ether oxygens (including phenoxy) is 1. The number of anilines is 1. The zero-order valence-electron chi connectivity index (χ0n) is 11.7. The summed E-state index contributed by atoms with van der Waals surface area (Å²) in [7, 11) is 0. The first-order chi connectivity index (χ1) is 9.56. The van der Waals surface area contributed by atoms with Crippen LogP contribution in [-0.2, 0) is 4.74 Å². The second-order valence-corrected chi connectivity index (χ2v) is 4.95. The van der Waals surface area contributed by atoms with Gasteiger partial charge in [-0.3, -0.25) is 0 Å². The topological polar surface area (TPSA) is 104 Å². The average molecular weight is 280 g/mol. The number of aryl methyl sites for hydroxylation is 1. The maximum Gasteiger partial charge on any atom is 0.173 e. The molecule has 0 radical (unpaired) electrons. The lowest BCUT2D eigenvalue weighted by Crippen LogP contribution is -2.50. The van der Waals surface area contributed by atoms with Crippen LogP contribution in [0.5, 0.6) is 0 Å². The number of hydrogen-bond acceptors (Lipinski definition) is 6. The lowest BCUT2D eigenvalue weighted by atomic mass is 10.1. The van der Waals surface area contributed by atoms with Crippen molar-refractivity contribution in [2.75, 3.05) is 24.7 Å². The highest BCUT2D eigenvalue weighted by Crippen LogP contribution is 2.24. The van der Waals surface area contributed by atoms with Crippen molar-refractivity contribution in [1.82, 2.24) is 4.98 Å². The third-order valence-electron chi connectivity index (χ3n) is 3.38. The predicted molar refractivity (Wildman–Crippen MR) is 75.1 cm³/mol. The average Bonchev–Trinajstić information content (AvgIpc) is 2.47. The zero-order valence-corrected chi connectivity index (χ0v) is 11.7. The van der Waals surface area contributed by atoms with E-state index in [2.05, 4.69) is 10.1 Å². The molecule has 20 heavy (non-hydrogen) atoms. The first-order valence-corrected chi connectivity index (χ1v) is 6.51. The van der Waals surface area contributed by atoms with Gasteiger partial charge in [-0.25, -0.2) is 4.98 Å². The van der Waals surface area contributed by atoms with Crippen LogP contribution in [0.4, 0.5) is 5.82 Å². The lowest BCUT2D eigenvalue weighted by Gasteiger charge is -2.39. The second-order valence-electron chi connectivity index (χ2n) is 4.95. The van der Waals surface area contributed by atoms with Crippen molar-refractivity contribution in [2.24, 2.45) is 10.9 Å². The number of nitrogens with two attached hydrogens (primary N) is 1. The number of rotatable bonds is 3. The first kappa shape index (κ1) is 14.5. The van der Waals surface area contributed by atoms with Gasteiger partial charge in [-0.15, -0.1) is 0 Å². The molecule has 7 nitrogen and oxygen atoms in total. The lowest BCUT2D eigenvalue weighted by molar-refractivity contribution is -0.0105. The molecule has 4 N–H and O–H groups in total. The molecule has 1 aromatic rings. The normalized spacial score (nSPS) is 23.9. The first-order valence-electron chi connectivity index (χ1n) is 6.51. The number of pyridine rings is 1. The van der Waals surface area contributed by atoms with Crippen molar-refractivity contribution in [3.63, 3.8) is 0 Å². The molecule has 0 aliphatic carbocycles. The summed E-state index contributed by atoms with van der Waals surface area (Å²) in [4.78, 5) is 6.52. The molecule has 2 atom stereocenters. The number of oxime groups is 1. The third-order valence-corrected chi connectivity index (χ3v) is 3.38. The second kappa shape index (κ2) is 6.06. The fourth-order valence-corrected chi connectivity index (χ4v) is 2.24. The van der Waals surface area contributed by atoms with Crippen molar-refractivity contribution in [3.05, 3.63) is 23.4 Å². The highest BCUT2D eigenvalue weighted by Gasteiger charge is 2.29. The summed E-state index contributed by atoms with van der Waals surface area (Å²) < 4.78 is 5.52. The van der Waals surface area contributed by atoms with Crippen LogP contribution in [-0.4, -0.2) is 53.0 Å². The van der Waals surface area contributed by atoms with Gasteiger partial charge in [0.15, 0.2) is 5.84 Å². The van der Waals surface area contributed by atoms with Gasteiger partial charge in [0.25, 0.3) is 0 Å². The van der Waals surface area contributed by atoms with Crippen molar-refractivity contribution >= 4 is 11.7 Å². The van der Waals surface area contributed by atoms with Crippen LogP contribution in [0.2, 0.25) is 0 Å². The van der Waals surface area contributed by atoms with Crippen LogP contribution in [0.25, 0.3) is 0 Å². The van der Waals surface area contributed by atoms with Crippen LogP contribution in [0, 0.1) is 6.92 Å². The molecule has 2 rings (SSSR count). The number of amidine groups is 1. The van der Waals surface area contributed by atoms with Gasteiger partial charge >= 0.3 is 0 Å². The Bertz CT molecular complexity index is 506. The monoisotopic (exact) mass is 280 g/mol. The summed E-state index contributed by atoms with van der Waals surface area (Å²) >= 11 is 0. The predicted octanol–water partition coefficient (Wildman–Crippen LogP) is 0.0705. The smallest absolute Gasteiger partial charge is 0.173 e. The highest BCUT2D eigenvalue weighted by atomic mass is 16.5. The van der Waals surface area contributed by atoms with E-state index in [-0.39, 0.29) is 24.6 Å². The standard InChI is InChI=1S/C13H20N4O3/c1-8-3-4-11(12(14)16-19)13(15-8)17-5-10(6-18)20-7-9(17)2/h3-4,9-10,18-19H,5-7H2,1-2H3,(H2,14,16). The summed E-state index contributed by atoms with van der Waals surface area (Å²) in [5.74, 6) is 0.668. The summed E-state index contributed by atoms with van der Waals surface area (Å²) in [5.41, 5.74) is 7.13. The molecule has 1 aliphatic rings.